The van der Waals surface area contributed by atoms with Gasteiger partial charge in [-0.3, -0.25) is 0 Å². The van der Waals surface area contributed by atoms with E-state index in [1.165, 1.54) is 0 Å². The van der Waals surface area contributed by atoms with Crippen LogP contribution < -0.4 is 9.64 Å². The van der Waals surface area contributed by atoms with E-state index in [0.29, 0.717) is 5.88 Å². The minimum absolute atomic E-state index is 0.0806. The van der Waals surface area contributed by atoms with Gasteiger partial charge in [0.05, 0.1) is 12.2 Å². The van der Waals surface area contributed by atoms with Gasteiger partial charge in [-0.15, -0.1) is 0 Å². The molecule has 5 nitrogen and oxygen atoms in total. The minimum Gasteiger partial charge on any atom is -0.472 e. The van der Waals surface area contributed by atoms with Crippen molar-refractivity contribution in [3.8, 4) is 11.9 Å². The van der Waals surface area contributed by atoms with Gasteiger partial charge in [0.15, 0.2) is 5.82 Å². The molecule has 5 heteroatoms. The molecular formula is C13H18N4O. The lowest BCUT2D eigenvalue weighted by molar-refractivity contribution is 0.231. The summed E-state index contributed by atoms with van der Waals surface area (Å²) >= 11 is 0. The third-order valence-corrected chi connectivity index (χ3v) is 2.97. The van der Waals surface area contributed by atoms with Crippen LogP contribution in [0.15, 0.2) is 12.4 Å². The van der Waals surface area contributed by atoms with Gasteiger partial charge in [-0.25, -0.2) is 9.97 Å². The van der Waals surface area contributed by atoms with Crippen LogP contribution >= 0.6 is 0 Å². The third-order valence-electron chi connectivity index (χ3n) is 2.97. The van der Waals surface area contributed by atoms with Gasteiger partial charge >= 0.3 is 0 Å². The lowest BCUT2D eigenvalue weighted by Crippen LogP contribution is -2.34. The Bertz CT molecular complexity index is 433. The van der Waals surface area contributed by atoms with Gasteiger partial charge in [0.25, 0.3) is 5.88 Å². The molecule has 0 saturated carbocycles. The fourth-order valence-electron chi connectivity index (χ4n) is 2.06. The van der Waals surface area contributed by atoms with E-state index < -0.39 is 0 Å². The number of hydrogen-bond donors (Lipinski definition) is 0. The maximum absolute atomic E-state index is 8.90. The number of aromatic nitrogens is 2. The van der Waals surface area contributed by atoms with Crippen molar-refractivity contribution in [1.82, 2.24) is 9.97 Å². The molecule has 1 aromatic heterocycles. The second kappa shape index (κ2) is 5.67. The van der Waals surface area contributed by atoms with Crippen LogP contribution in [0.4, 0.5) is 5.82 Å². The molecular weight excluding hydrogens is 228 g/mol. The van der Waals surface area contributed by atoms with E-state index in [1.54, 1.807) is 12.4 Å². The van der Waals surface area contributed by atoms with E-state index in [4.69, 9.17) is 10.00 Å². The second-order valence-corrected chi connectivity index (χ2v) is 4.74. The Kier molecular flexibility index (Phi) is 3.98. The summed E-state index contributed by atoms with van der Waals surface area (Å²) in [4.78, 5) is 10.8. The zero-order valence-electron chi connectivity index (χ0n) is 10.8. The first kappa shape index (κ1) is 12.6. The predicted molar refractivity (Wildman–Crippen MR) is 68.3 cm³/mol. The quantitative estimate of drug-likeness (QED) is 0.816. The molecule has 0 aliphatic carbocycles. The standard InChI is InChI=1S/C13H18N4O/c1-10(2)18-13-12(15-5-6-16-13)17-7-3-11(9-14)4-8-17/h5-6,10-11H,3-4,7-8H2,1-2H3. The molecule has 2 rings (SSSR count). The molecule has 0 bridgehead atoms. The molecule has 18 heavy (non-hydrogen) atoms. The summed E-state index contributed by atoms with van der Waals surface area (Å²) in [6, 6.07) is 2.33. The van der Waals surface area contributed by atoms with Gasteiger partial charge in [-0.2, -0.15) is 5.26 Å². The van der Waals surface area contributed by atoms with Crippen molar-refractivity contribution in [2.75, 3.05) is 18.0 Å². The number of piperidine rings is 1. The zero-order valence-corrected chi connectivity index (χ0v) is 10.8. The van der Waals surface area contributed by atoms with Crippen molar-refractivity contribution in [3.63, 3.8) is 0 Å². The van der Waals surface area contributed by atoms with Crippen molar-refractivity contribution >= 4 is 5.82 Å². The first-order valence-corrected chi connectivity index (χ1v) is 6.33. The van der Waals surface area contributed by atoms with Crippen molar-refractivity contribution in [2.24, 2.45) is 5.92 Å². The van der Waals surface area contributed by atoms with Crippen LogP contribution in [0.1, 0.15) is 26.7 Å². The van der Waals surface area contributed by atoms with Crippen LogP contribution in [0.2, 0.25) is 0 Å². The van der Waals surface area contributed by atoms with Crippen LogP contribution in [0, 0.1) is 17.2 Å². The van der Waals surface area contributed by atoms with Crippen LogP contribution in [0.5, 0.6) is 5.88 Å². The summed E-state index contributed by atoms with van der Waals surface area (Å²) in [5.41, 5.74) is 0. The Morgan fingerprint density at radius 2 is 2.00 bits per heavy atom. The first-order valence-electron chi connectivity index (χ1n) is 6.33. The van der Waals surface area contributed by atoms with Crippen molar-refractivity contribution in [3.05, 3.63) is 12.4 Å². The van der Waals surface area contributed by atoms with E-state index in [-0.39, 0.29) is 12.0 Å². The number of rotatable bonds is 3. The normalized spacial score (nSPS) is 16.7. The van der Waals surface area contributed by atoms with E-state index in [0.717, 1.165) is 31.7 Å². The highest BCUT2D eigenvalue weighted by Gasteiger charge is 2.23. The zero-order chi connectivity index (χ0) is 13.0. The number of nitriles is 1. The van der Waals surface area contributed by atoms with Crippen LogP contribution in [0.3, 0.4) is 0 Å². The smallest absolute Gasteiger partial charge is 0.257 e. The second-order valence-electron chi connectivity index (χ2n) is 4.74. The molecule has 1 aliphatic rings. The molecule has 2 heterocycles. The van der Waals surface area contributed by atoms with Crippen molar-refractivity contribution in [1.29, 1.82) is 5.26 Å². The largest absolute Gasteiger partial charge is 0.472 e. The molecule has 0 N–H and O–H groups in total. The fourth-order valence-corrected chi connectivity index (χ4v) is 2.06. The fraction of sp³-hybridized carbons (Fsp3) is 0.615. The molecule has 1 saturated heterocycles. The lowest BCUT2D eigenvalue weighted by Gasteiger charge is -2.30. The Morgan fingerprint density at radius 3 is 2.61 bits per heavy atom. The topological polar surface area (TPSA) is 62.0 Å². The molecule has 0 radical (unpaired) electrons. The molecule has 1 aromatic rings. The third kappa shape index (κ3) is 2.89. The number of anilines is 1. The Hall–Kier alpha value is -1.83. The van der Waals surface area contributed by atoms with E-state index in [9.17, 15) is 0 Å². The maximum atomic E-state index is 8.90. The molecule has 0 atom stereocenters. The highest BCUT2D eigenvalue weighted by Crippen LogP contribution is 2.27. The lowest BCUT2D eigenvalue weighted by atomic mass is 9.99. The van der Waals surface area contributed by atoms with E-state index in [1.807, 2.05) is 13.8 Å². The number of hydrogen-bond acceptors (Lipinski definition) is 5. The summed E-state index contributed by atoms with van der Waals surface area (Å²) in [7, 11) is 0. The molecule has 1 fully saturated rings. The number of nitrogens with zero attached hydrogens (tertiary/aromatic N) is 4. The molecule has 0 spiro atoms. The highest BCUT2D eigenvalue weighted by molar-refractivity contribution is 5.48. The van der Waals surface area contributed by atoms with Gasteiger partial charge < -0.3 is 9.64 Å². The first-order chi connectivity index (χ1) is 8.70. The van der Waals surface area contributed by atoms with Crippen LogP contribution in [-0.4, -0.2) is 29.2 Å². The van der Waals surface area contributed by atoms with Gasteiger partial charge in [-0.05, 0) is 26.7 Å². The average molecular weight is 246 g/mol. The van der Waals surface area contributed by atoms with Crippen molar-refractivity contribution in [2.45, 2.75) is 32.8 Å². The molecule has 1 aliphatic heterocycles. The van der Waals surface area contributed by atoms with E-state index >= 15 is 0 Å². The Balaban J connectivity index is 2.11. The van der Waals surface area contributed by atoms with Gasteiger partial charge in [0, 0.05) is 31.4 Å². The summed E-state index contributed by atoms with van der Waals surface area (Å²) < 4.78 is 5.67. The Morgan fingerprint density at radius 1 is 1.33 bits per heavy atom. The summed E-state index contributed by atoms with van der Waals surface area (Å²) in [5.74, 6) is 1.55. The van der Waals surface area contributed by atoms with Crippen molar-refractivity contribution < 1.29 is 4.74 Å². The van der Waals surface area contributed by atoms with Gasteiger partial charge in [0.2, 0.25) is 0 Å². The molecule has 0 amide bonds. The molecule has 96 valence electrons. The summed E-state index contributed by atoms with van der Waals surface area (Å²) in [6.45, 7) is 5.62. The highest BCUT2D eigenvalue weighted by atomic mass is 16.5. The summed E-state index contributed by atoms with van der Waals surface area (Å²) in [5, 5.41) is 8.90. The maximum Gasteiger partial charge on any atom is 0.257 e. The Labute approximate surface area is 107 Å². The number of ether oxygens (including phenoxy) is 1. The van der Waals surface area contributed by atoms with Crippen LogP contribution in [0.25, 0.3) is 0 Å². The van der Waals surface area contributed by atoms with Gasteiger partial charge in [0.1, 0.15) is 0 Å². The minimum atomic E-state index is 0.0806. The van der Waals surface area contributed by atoms with Crippen LogP contribution in [-0.2, 0) is 0 Å². The predicted octanol–water partition coefficient (Wildman–Crippen LogP) is 2.00. The SMILES string of the molecule is CC(C)Oc1nccnc1N1CCC(C#N)CC1. The average Bonchev–Trinajstić information content (AvgIpc) is 2.39. The van der Waals surface area contributed by atoms with E-state index in [2.05, 4.69) is 20.9 Å². The monoisotopic (exact) mass is 246 g/mol. The molecule has 0 aromatic carbocycles. The molecule has 0 unspecified atom stereocenters. The summed E-state index contributed by atoms with van der Waals surface area (Å²) in [6.07, 6.45) is 5.17. The van der Waals surface area contributed by atoms with Gasteiger partial charge in [-0.1, -0.05) is 0 Å².